The van der Waals surface area contributed by atoms with Crippen molar-refractivity contribution in [3.8, 4) is 11.5 Å². The number of allylic oxidation sites excluding steroid dienone is 3. The van der Waals surface area contributed by atoms with E-state index in [2.05, 4.69) is 0 Å². The molecule has 0 amide bonds. The van der Waals surface area contributed by atoms with Gasteiger partial charge < -0.3 is 14.9 Å². The highest BCUT2D eigenvalue weighted by atomic mass is 16.5. The zero-order valence-corrected chi connectivity index (χ0v) is 12.9. The van der Waals surface area contributed by atoms with Crippen LogP contribution in [0.25, 0.3) is 0 Å². The first-order valence-corrected chi connectivity index (χ1v) is 6.80. The molecular formula is C17H22O4. The second kappa shape index (κ2) is 7.53. The standard InChI is InChI=1S/C17H22O4/c1-11(2)5-6-13-9-14(17(19)20)10-15(16(13)18)21-8-7-12(3)4/h5,7,9-10,18H,6,8H2,1-4H3,(H,19,20). The van der Waals surface area contributed by atoms with Gasteiger partial charge in [-0.05, 0) is 52.3 Å². The van der Waals surface area contributed by atoms with Crippen LogP contribution in [-0.4, -0.2) is 22.8 Å². The number of phenolic OH excluding ortho intramolecular Hbond substituents is 1. The van der Waals surface area contributed by atoms with Crippen molar-refractivity contribution in [2.75, 3.05) is 6.61 Å². The summed E-state index contributed by atoms with van der Waals surface area (Å²) in [6, 6.07) is 2.83. The molecule has 0 fully saturated rings. The third kappa shape index (κ3) is 5.34. The molecule has 0 aliphatic rings. The fourth-order valence-corrected chi connectivity index (χ4v) is 1.67. The molecule has 0 spiro atoms. The zero-order valence-electron chi connectivity index (χ0n) is 12.9. The van der Waals surface area contributed by atoms with Gasteiger partial charge in [0.25, 0.3) is 0 Å². The van der Waals surface area contributed by atoms with Crippen LogP contribution in [0.3, 0.4) is 0 Å². The number of aromatic hydroxyl groups is 1. The summed E-state index contributed by atoms with van der Waals surface area (Å²) in [5, 5.41) is 19.4. The normalized spacial score (nSPS) is 9.90. The van der Waals surface area contributed by atoms with Crippen molar-refractivity contribution < 1.29 is 19.7 Å². The van der Waals surface area contributed by atoms with Gasteiger partial charge in [0.1, 0.15) is 6.61 Å². The van der Waals surface area contributed by atoms with Crippen molar-refractivity contribution >= 4 is 5.97 Å². The van der Waals surface area contributed by atoms with E-state index in [4.69, 9.17) is 9.84 Å². The molecule has 0 saturated carbocycles. The topological polar surface area (TPSA) is 66.8 Å². The van der Waals surface area contributed by atoms with E-state index in [0.717, 1.165) is 11.1 Å². The Balaban J connectivity index is 3.13. The number of aromatic carboxylic acids is 1. The SMILES string of the molecule is CC(C)=CCOc1cc(C(=O)O)cc(CC=C(C)C)c1O. The predicted molar refractivity (Wildman–Crippen MR) is 83.1 cm³/mol. The molecule has 4 heteroatoms. The maximum absolute atomic E-state index is 11.2. The third-order valence-electron chi connectivity index (χ3n) is 2.86. The van der Waals surface area contributed by atoms with Gasteiger partial charge in [-0.2, -0.15) is 0 Å². The fourth-order valence-electron chi connectivity index (χ4n) is 1.67. The first-order chi connectivity index (χ1) is 9.81. The van der Waals surface area contributed by atoms with Gasteiger partial charge in [-0.15, -0.1) is 0 Å². The minimum atomic E-state index is -1.04. The zero-order chi connectivity index (χ0) is 16.0. The third-order valence-corrected chi connectivity index (χ3v) is 2.86. The summed E-state index contributed by atoms with van der Waals surface area (Å²) in [4.78, 5) is 11.2. The molecule has 0 aliphatic carbocycles. The van der Waals surface area contributed by atoms with Crippen LogP contribution in [0.1, 0.15) is 43.6 Å². The lowest BCUT2D eigenvalue weighted by atomic mass is 10.0. The van der Waals surface area contributed by atoms with Crippen LogP contribution in [-0.2, 0) is 6.42 Å². The number of hydrogen-bond donors (Lipinski definition) is 2. The molecule has 0 saturated heterocycles. The summed E-state index contributed by atoms with van der Waals surface area (Å²) in [5.41, 5.74) is 2.84. The van der Waals surface area contributed by atoms with Crippen molar-refractivity contribution in [1.82, 2.24) is 0 Å². The maximum atomic E-state index is 11.2. The van der Waals surface area contributed by atoms with Crippen LogP contribution < -0.4 is 4.74 Å². The van der Waals surface area contributed by atoms with E-state index in [1.54, 1.807) is 0 Å². The van der Waals surface area contributed by atoms with Gasteiger partial charge >= 0.3 is 5.97 Å². The Kier molecular flexibility index (Phi) is 6.03. The molecule has 1 aromatic rings. The van der Waals surface area contributed by atoms with Gasteiger partial charge in [-0.3, -0.25) is 0 Å². The fraction of sp³-hybridized carbons (Fsp3) is 0.353. The average molecular weight is 290 g/mol. The van der Waals surface area contributed by atoms with Gasteiger partial charge in [0, 0.05) is 5.56 Å². The van der Waals surface area contributed by atoms with E-state index in [1.807, 2.05) is 39.8 Å². The number of benzene rings is 1. The molecule has 0 aliphatic heterocycles. The monoisotopic (exact) mass is 290 g/mol. The molecule has 1 aromatic carbocycles. The Morgan fingerprint density at radius 3 is 2.29 bits per heavy atom. The van der Waals surface area contributed by atoms with Crippen LogP contribution in [0.5, 0.6) is 11.5 Å². The lowest BCUT2D eigenvalue weighted by Gasteiger charge is -2.11. The van der Waals surface area contributed by atoms with Gasteiger partial charge in [-0.1, -0.05) is 17.2 Å². The van der Waals surface area contributed by atoms with Gasteiger partial charge in [-0.25, -0.2) is 4.79 Å². The molecule has 21 heavy (non-hydrogen) atoms. The Hall–Kier alpha value is -2.23. The van der Waals surface area contributed by atoms with Crippen molar-refractivity contribution in [2.24, 2.45) is 0 Å². The Bertz CT molecular complexity index is 575. The Morgan fingerprint density at radius 1 is 1.14 bits per heavy atom. The van der Waals surface area contributed by atoms with Gasteiger partial charge in [0.15, 0.2) is 11.5 Å². The van der Waals surface area contributed by atoms with E-state index in [-0.39, 0.29) is 17.1 Å². The summed E-state index contributed by atoms with van der Waals surface area (Å²) in [6.45, 7) is 8.07. The van der Waals surface area contributed by atoms with E-state index in [1.165, 1.54) is 12.1 Å². The van der Waals surface area contributed by atoms with Gasteiger partial charge in [0.05, 0.1) is 5.56 Å². The first kappa shape index (κ1) is 16.8. The lowest BCUT2D eigenvalue weighted by Crippen LogP contribution is -2.02. The Morgan fingerprint density at radius 2 is 1.76 bits per heavy atom. The number of phenols is 1. The van der Waals surface area contributed by atoms with E-state index >= 15 is 0 Å². The van der Waals surface area contributed by atoms with Crippen LogP contribution >= 0.6 is 0 Å². The number of ether oxygens (including phenoxy) is 1. The quantitative estimate of drug-likeness (QED) is 0.779. The Labute approximate surface area is 125 Å². The number of carboxylic acids is 1. The number of carboxylic acid groups (broad SMARTS) is 1. The predicted octanol–water partition coefficient (Wildman–Crippen LogP) is 3.94. The molecule has 114 valence electrons. The summed E-state index contributed by atoms with van der Waals surface area (Å²) in [7, 11) is 0. The average Bonchev–Trinajstić information content (AvgIpc) is 2.38. The highest BCUT2D eigenvalue weighted by Gasteiger charge is 2.14. The van der Waals surface area contributed by atoms with E-state index in [9.17, 15) is 9.90 Å². The van der Waals surface area contributed by atoms with Crippen LogP contribution in [0.4, 0.5) is 0 Å². The van der Waals surface area contributed by atoms with Crippen molar-refractivity contribution in [1.29, 1.82) is 0 Å². The molecule has 0 bridgehead atoms. The van der Waals surface area contributed by atoms with Crippen LogP contribution in [0.15, 0.2) is 35.4 Å². The number of carbonyl (C=O) groups is 1. The van der Waals surface area contributed by atoms with E-state index in [0.29, 0.717) is 18.6 Å². The number of hydrogen-bond acceptors (Lipinski definition) is 3. The summed E-state index contributed by atoms with van der Waals surface area (Å²) in [5.74, 6) is -0.843. The lowest BCUT2D eigenvalue weighted by molar-refractivity contribution is 0.0696. The largest absolute Gasteiger partial charge is 0.504 e. The second-order valence-corrected chi connectivity index (χ2v) is 5.37. The smallest absolute Gasteiger partial charge is 0.335 e. The highest BCUT2D eigenvalue weighted by molar-refractivity contribution is 5.89. The maximum Gasteiger partial charge on any atom is 0.335 e. The molecule has 0 unspecified atom stereocenters. The minimum absolute atomic E-state index is 0.000318. The summed E-state index contributed by atoms with van der Waals surface area (Å²) < 4.78 is 5.48. The molecular weight excluding hydrogens is 268 g/mol. The summed E-state index contributed by atoms with van der Waals surface area (Å²) >= 11 is 0. The van der Waals surface area contributed by atoms with Gasteiger partial charge in [0.2, 0.25) is 0 Å². The molecule has 2 N–H and O–H groups in total. The second-order valence-electron chi connectivity index (χ2n) is 5.37. The van der Waals surface area contributed by atoms with Crippen LogP contribution in [0.2, 0.25) is 0 Å². The van der Waals surface area contributed by atoms with Crippen molar-refractivity contribution in [3.05, 3.63) is 46.6 Å². The first-order valence-electron chi connectivity index (χ1n) is 6.80. The number of rotatable bonds is 6. The molecule has 4 nitrogen and oxygen atoms in total. The molecule has 0 heterocycles. The molecule has 0 atom stereocenters. The van der Waals surface area contributed by atoms with Crippen molar-refractivity contribution in [2.45, 2.75) is 34.1 Å². The molecule has 0 aromatic heterocycles. The summed E-state index contributed by atoms with van der Waals surface area (Å²) in [6.07, 6.45) is 4.26. The van der Waals surface area contributed by atoms with E-state index < -0.39 is 5.97 Å². The molecule has 0 radical (unpaired) electrons. The molecule has 1 rings (SSSR count). The highest BCUT2D eigenvalue weighted by Crippen LogP contribution is 2.32. The van der Waals surface area contributed by atoms with Crippen molar-refractivity contribution in [3.63, 3.8) is 0 Å². The van der Waals surface area contributed by atoms with Crippen LogP contribution in [0, 0.1) is 0 Å². The minimum Gasteiger partial charge on any atom is -0.504 e.